The van der Waals surface area contributed by atoms with Gasteiger partial charge in [-0.15, -0.1) is 0 Å². The minimum absolute atomic E-state index is 0.0919. The first-order valence-electron chi connectivity index (χ1n) is 7.87. The average Bonchev–Trinajstić information content (AvgIpc) is 2.97. The highest BCUT2D eigenvalue weighted by molar-refractivity contribution is 5.34. The van der Waals surface area contributed by atoms with Gasteiger partial charge in [-0.25, -0.2) is 4.39 Å². The Morgan fingerprint density at radius 1 is 1.41 bits per heavy atom. The molecule has 0 aromatic heterocycles. The van der Waals surface area contributed by atoms with Crippen LogP contribution in [-0.2, 0) is 11.3 Å². The van der Waals surface area contributed by atoms with Crippen LogP contribution in [-0.4, -0.2) is 41.9 Å². The van der Waals surface area contributed by atoms with Gasteiger partial charge in [0.15, 0.2) is 0 Å². The molecule has 0 radical (unpaired) electrons. The zero-order valence-corrected chi connectivity index (χ0v) is 12.5. The predicted octanol–water partition coefficient (Wildman–Crippen LogP) is 2.06. The quantitative estimate of drug-likeness (QED) is 0.928. The molecule has 0 unspecified atom stereocenters. The molecule has 2 heterocycles. The highest BCUT2D eigenvalue weighted by Crippen LogP contribution is 2.31. The Kier molecular flexibility index (Phi) is 4.72. The number of benzene rings is 1. The number of halogens is 1. The predicted molar refractivity (Wildman–Crippen MR) is 79.5 cm³/mol. The van der Waals surface area contributed by atoms with Gasteiger partial charge in [-0.2, -0.15) is 5.26 Å². The van der Waals surface area contributed by atoms with Gasteiger partial charge in [0.1, 0.15) is 11.9 Å². The largest absolute Gasteiger partial charge is 0.393 e. The molecular formula is C17H21FN2O2. The fourth-order valence-electron chi connectivity index (χ4n) is 3.64. The van der Waals surface area contributed by atoms with E-state index < -0.39 is 5.82 Å². The van der Waals surface area contributed by atoms with Crippen LogP contribution < -0.4 is 0 Å². The number of likely N-dealkylation sites (tertiary alicyclic amines) is 1. The minimum Gasteiger partial charge on any atom is -0.393 e. The molecule has 1 aromatic carbocycles. The van der Waals surface area contributed by atoms with Crippen molar-refractivity contribution in [2.24, 2.45) is 5.92 Å². The van der Waals surface area contributed by atoms with E-state index in [2.05, 4.69) is 4.90 Å². The summed E-state index contributed by atoms with van der Waals surface area (Å²) in [5.74, 6) is -0.326. The fourth-order valence-corrected chi connectivity index (χ4v) is 3.64. The molecule has 1 aromatic rings. The Balaban J connectivity index is 1.72. The third-order valence-electron chi connectivity index (χ3n) is 4.81. The van der Waals surface area contributed by atoms with Crippen LogP contribution in [0.4, 0.5) is 4.39 Å². The number of hydrogen-bond acceptors (Lipinski definition) is 4. The summed E-state index contributed by atoms with van der Waals surface area (Å²) in [6.45, 7) is 2.89. The van der Waals surface area contributed by atoms with Crippen LogP contribution >= 0.6 is 0 Å². The van der Waals surface area contributed by atoms with Gasteiger partial charge in [0.05, 0.1) is 18.3 Å². The molecule has 3 rings (SSSR count). The van der Waals surface area contributed by atoms with E-state index in [0.29, 0.717) is 32.2 Å². The number of nitriles is 1. The lowest BCUT2D eigenvalue weighted by atomic mass is 9.89. The standard InChI is InChI=1S/C17H21FN2O2/c18-15-4-3-12(8-13(15)9-19)10-20-6-1-2-16(20)14-11-22-7-5-17(14)21/h3-4,8,14,16-17,21H,1-2,5-7,10-11H2/t14-,16+,17+/m0/s1. The molecule has 2 saturated heterocycles. The van der Waals surface area contributed by atoms with E-state index in [0.717, 1.165) is 24.9 Å². The van der Waals surface area contributed by atoms with Crippen LogP contribution in [0.1, 0.15) is 30.4 Å². The Bertz CT molecular complexity index is 572. The van der Waals surface area contributed by atoms with Crippen LogP contribution in [0.15, 0.2) is 18.2 Å². The molecule has 0 saturated carbocycles. The van der Waals surface area contributed by atoms with Crippen molar-refractivity contribution in [2.45, 2.75) is 38.0 Å². The Labute approximate surface area is 130 Å². The maximum absolute atomic E-state index is 13.4. The summed E-state index contributed by atoms with van der Waals surface area (Å²) in [7, 11) is 0. The third-order valence-corrected chi connectivity index (χ3v) is 4.81. The van der Waals surface area contributed by atoms with E-state index in [-0.39, 0.29) is 17.6 Å². The molecular weight excluding hydrogens is 283 g/mol. The SMILES string of the molecule is N#Cc1cc(CN2CCC[C@@H]2[C@@H]2COCC[C@H]2O)ccc1F. The highest BCUT2D eigenvalue weighted by atomic mass is 19.1. The number of rotatable bonds is 3. The van der Waals surface area contributed by atoms with Crippen LogP contribution in [0.3, 0.4) is 0 Å². The third kappa shape index (κ3) is 3.14. The van der Waals surface area contributed by atoms with Crippen molar-refractivity contribution >= 4 is 0 Å². The lowest BCUT2D eigenvalue weighted by Crippen LogP contribution is -2.45. The summed E-state index contributed by atoms with van der Waals surface area (Å²) in [5.41, 5.74) is 1.03. The number of aliphatic hydroxyl groups is 1. The summed E-state index contributed by atoms with van der Waals surface area (Å²) in [6, 6.07) is 6.90. The normalized spacial score (nSPS) is 29.4. The summed E-state index contributed by atoms with van der Waals surface area (Å²) >= 11 is 0. The lowest BCUT2D eigenvalue weighted by Gasteiger charge is -2.37. The number of ether oxygens (including phenoxy) is 1. The van der Waals surface area contributed by atoms with Crippen LogP contribution in [0, 0.1) is 23.1 Å². The molecule has 5 heteroatoms. The van der Waals surface area contributed by atoms with Gasteiger partial charge in [0.2, 0.25) is 0 Å². The molecule has 118 valence electrons. The second kappa shape index (κ2) is 6.74. The molecule has 0 amide bonds. The average molecular weight is 304 g/mol. The topological polar surface area (TPSA) is 56.5 Å². The van der Waals surface area contributed by atoms with E-state index >= 15 is 0 Å². The molecule has 0 bridgehead atoms. The smallest absolute Gasteiger partial charge is 0.140 e. The van der Waals surface area contributed by atoms with Gasteiger partial charge >= 0.3 is 0 Å². The first kappa shape index (κ1) is 15.4. The summed E-state index contributed by atoms with van der Waals surface area (Å²) in [4.78, 5) is 2.33. The zero-order chi connectivity index (χ0) is 15.5. The first-order chi connectivity index (χ1) is 10.7. The molecule has 22 heavy (non-hydrogen) atoms. The van der Waals surface area contributed by atoms with Gasteiger partial charge in [-0.3, -0.25) is 4.90 Å². The van der Waals surface area contributed by atoms with Crippen molar-refractivity contribution in [3.63, 3.8) is 0 Å². The summed E-state index contributed by atoms with van der Waals surface area (Å²) in [5, 5.41) is 19.2. The number of hydrogen-bond donors (Lipinski definition) is 1. The monoisotopic (exact) mass is 304 g/mol. The molecule has 2 aliphatic heterocycles. The molecule has 2 aliphatic rings. The fraction of sp³-hybridized carbons (Fsp3) is 0.588. The molecule has 1 N–H and O–H groups in total. The molecule has 0 aliphatic carbocycles. The second-order valence-corrected chi connectivity index (χ2v) is 6.20. The van der Waals surface area contributed by atoms with E-state index in [1.54, 1.807) is 12.1 Å². The van der Waals surface area contributed by atoms with Crippen molar-refractivity contribution in [1.29, 1.82) is 5.26 Å². The van der Waals surface area contributed by atoms with E-state index in [1.807, 2.05) is 6.07 Å². The Morgan fingerprint density at radius 2 is 2.27 bits per heavy atom. The molecule has 2 fully saturated rings. The lowest BCUT2D eigenvalue weighted by molar-refractivity contribution is -0.0636. The van der Waals surface area contributed by atoms with Crippen LogP contribution in [0.5, 0.6) is 0 Å². The van der Waals surface area contributed by atoms with Crippen molar-refractivity contribution in [3.8, 4) is 6.07 Å². The van der Waals surface area contributed by atoms with Gasteiger partial charge in [-0.05, 0) is 43.5 Å². The summed E-state index contributed by atoms with van der Waals surface area (Å²) < 4.78 is 19.0. The van der Waals surface area contributed by atoms with Crippen LogP contribution in [0.2, 0.25) is 0 Å². The van der Waals surface area contributed by atoms with E-state index in [4.69, 9.17) is 10.00 Å². The second-order valence-electron chi connectivity index (χ2n) is 6.20. The number of aliphatic hydroxyl groups excluding tert-OH is 1. The number of nitrogens with zero attached hydrogens (tertiary/aromatic N) is 2. The Morgan fingerprint density at radius 3 is 3.05 bits per heavy atom. The molecule has 3 atom stereocenters. The van der Waals surface area contributed by atoms with Gasteiger partial charge in [-0.1, -0.05) is 6.07 Å². The van der Waals surface area contributed by atoms with Crippen LogP contribution in [0.25, 0.3) is 0 Å². The van der Waals surface area contributed by atoms with E-state index in [9.17, 15) is 9.50 Å². The van der Waals surface area contributed by atoms with E-state index in [1.165, 1.54) is 6.07 Å². The Hall–Kier alpha value is -1.48. The van der Waals surface area contributed by atoms with Gasteiger partial charge in [0, 0.05) is 25.1 Å². The maximum Gasteiger partial charge on any atom is 0.140 e. The minimum atomic E-state index is -0.472. The van der Waals surface area contributed by atoms with Crippen molar-refractivity contribution in [2.75, 3.05) is 19.8 Å². The van der Waals surface area contributed by atoms with Crippen molar-refractivity contribution < 1.29 is 14.2 Å². The first-order valence-corrected chi connectivity index (χ1v) is 7.87. The summed E-state index contributed by atoms with van der Waals surface area (Å²) in [6.07, 6.45) is 2.55. The van der Waals surface area contributed by atoms with Gasteiger partial charge in [0.25, 0.3) is 0 Å². The van der Waals surface area contributed by atoms with Gasteiger partial charge < -0.3 is 9.84 Å². The molecule has 0 spiro atoms. The molecule has 4 nitrogen and oxygen atoms in total. The van der Waals surface area contributed by atoms with Crippen molar-refractivity contribution in [1.82, 2.24) is 4.90 Å². The zero-order valence-electron chi connectivity index (χ0n) is 12.5. The van der Waals surface area contributed by atoms with Crippen molar-refractivity contribution in [3.05, 3.63) is 35.1 Å². The highest BCUT2D eigenvalue weighted by Gasteiger charge is 2.37. The maximum atomic E-state index is 13.4.